The average molecular weight is 392 g/mol. The quantitative estimate of drug-likeness (QED) is 0.541. The summed E-state index contributed by atoms with van der Waals surface area (Å²) in [5.41, 5.74) is 2.36. The van der Waals surface area contributed by atoms with E-state index in [0.29, 0.717) is 11.8 Å². The molecule has 0 aliphatic rings. The van der Waals surface area contributed by atoms with Crippen LogP contribution in [0.25, 0.3) is 22.9 Å². The van der Waals surface area contributed by atoms with Gasteiger partial charge < -0.3 is 4.42 Å². The minimum Gasteiger partial charge on any atom is -0.416 e. The third-order valence-electron chi connectivity index (χ3n) is 4.07. The molecular weight excluding hydrogens is 376 g/mol. The van der Waals surface area contributed by atoms with Crippen molar-refractivity contribution < 1.29 is 12.8 Å². The molecule has 0 atom stereocenters. The van der Waals surface area contributed by atoms with Crippen LogP contribution in [0.2, 0.25) is 0 Å². The smallest absolute Gasteiger partial charge is 0.248 e. The lowest BCUT2D eigenvalue weighted by molar-refractivity contribution is 0.580. The van der Waals surface area contributed by atoms with Crippen molar-refractivity contribution in [1.29, 1.82) is 0 Å². The highest BCUT2D eigenvalue weighted by molar-refractivity contribution is 7.89. The number of benzene rings is 2. The SMILES string of the molecule is O=S(=O)(NCc1ccc(-c2nnc(-c3ccncc3)o2)cc1)c1ccccc1. The Bertz CT molecular complexity index is 1160. The molecule has 4 rings (SSSR count). The van der Waals surface area contributed by atoms with Gasteiger partial charge in [0, 0.05) is 30.1 Å². The van der Waals surface area contributed by atoms with Crippen molar-refractivity contribution in [3.63, 3.8) is 0 Å². The molecule has 2 heterocycles. The first-order valence-corrected chi connectivity index (χ1v) is 9.98. The highest BCUT2D eigenvalue weighted by atomic mass is 32.2. The molecular formula is C20H16N4O3S. The number of hydrogen-bond acceptors (Lipinski definition) is 6. The van der Waals surface area contributed by atoms with Crippen molar-refractivity contribution in [3.8, 4) is 22.9 Å². The van der Waals surface area contributed by atoms with E-state index in [9.17, 15) is 8.42 Å². The van der Waals surface area contributed by atoms with E-state index >= 15 is 0 Å². The Hall–Kier alpha value is -3.36. The third kappa shape index (κ3) is 3.98. The number of nitrogens with zero attached hydrogens (tertiary/aromatic N) is 3. The maximum Gasteiger partial charge on any atom is 0.248 e. The number of sulfonamides is 1. The van der Waals surface area contributed by atoms with Gasteiger partial charge in [-0.15, -0.1) is 10.2 Å². The van der Waals surface area contributed by atoms with Gasteiger partial charge in [-0.3, -0.25) is 4.98 Å². The number of aromatic nitrogens is 3. The highest BCUT2D eigenvalue weighted by Gasteiger charge is 2.13. The molecule has 0 fully saturated rings. The van der Waals surface area contributed by atoms with Crippen LogP contribution in [0.3, 0.4) is 0 Å². The molecule has 0 saturated carbocycles. The van der Waals surface area contributed by atoms with Crippen molar-refractivity contribution in [2.45, 2.75) is 11.4 Å². The van der Waals surface area contributed by atoms with Crippen LogP contribution in [-0.2, 0) is 16.6 Å². The second kappa shape index (κ2) is 7.71. The van der Waals surface area contributed by atoms with E-state index in [1.165, 1.54) is 0 Å². The largest absolute Gasteiger partial charge is 0.416 e. The average Bonchev–Trinajstić information content (AvgIpc) is 3.24. The normalized spacial score (nSPS) is 11.4. The van der Waals surface area contributed by atoms with Crippen LogP contribution < -0.4 is 4.72 Å². The van der Waals surface area contributed by atoms with Gasteiger partial charge in [-0.2, -0.15) is 0 Å². The maximum atomic E-state index is 12.3. The number of pyridine rings is 1. The van der Waals surface area contributed by atoms with Gasteiger partial charge >= 0.3 is 0 Å². The monoisotopic (exact) mass is 392 g/mol. The second-order valence-electron chi connectivity index (χ2n) is 5.98. The molecule has 0 bridgehead atoms. The van der Waals surface area contributed by atoms with Crippen LogP contribution >= 0.6 is 0 Å². The van der Waals surface area contributed by atoms with Gasteiger partial charge in [0.05, 0.1) is 4.90 Å². The van der Waals surface area contributed by atoms with Crippen LogP contribution in [0.5, 0.6) is 0 Å². The zero-order chi connectivity index (χ0) is 19.4. The zero-order valence-electron chi connectivity index (χ0n) is 14.7. The molecule has 2 aromatic carbocycles. The molecule has 0 aliphatic carbocycles. The van der Waals surface area contributed by atoms with E-state index in [1.807, 2.05) is 24.3 Å². The first kappa shape index (κ1) is 18.0. The summed E-state index contributed by atoms with van der Waals surface area (Å²) < 4.78 is 32.9. The third-order valence-corrected chi connectivity index (χ3v) is 5.49. The lowest BCUT2D eigenvalue weighted by Crippen LogP contribution is -2.23. The first-order chi connectivity index (χ1) is 13.6. The van der Waals surface area contributed by atoms with Crippen LogP contribution in [-0.4, -0.2) is 23.6 Å². The molecule has 140 valence electrons. The maximum absolute atomic E-state index is 12.3. The molecule has 7 nitrogen and oxygen atoms in total. The van der Waals surface area contributed by atoms with Gasteiger partial charge in [0.25, 0.3) is 0 Å². The van der Waals surface area contributed by atoms with Gasteiger partial charge in [-0.25, -0.2) is 13.1 Å². The minimum absolute atomic E-state index is 0.184. The fraction of sp³-hybridized carbons (Fsp3) is 0.0500. The van der Waals surface area contributed by atoms with Gasteiger partial charge in [0.15, 0.2) is 0 Å². The molecule has 0 unspecified atom stereocenters. The van der Waals surface area contributed by atoms with Crippen LogP contribution in [0.15, 0.2) is 88.4 Å². The van der Waals surface area contributed by atoms with E-state index < -0.39 is 10.0 Å². The molecule has 0 saturated heterocycles. The van der Waals surface area contributed by atoms with Gasteiger partial charge in [0.2, 0.25) is 21.8 Å². The van der Waals surface area contributed by atoms with Gasteiger partial charge in [-0.1, -0.05) is 30.3 Å². The molecule has 8 heteroatoms. The van der Waals surface area contributed by atoms with Crippen LogP contribution in [0.4, 0.5) is 0 Å². The summed E-state index contributed by atoms with van der Waals surface area (Å²) in [6, 6.07) is 19.1. The molecule has 0 amide bonds. The fourth-order valence-corrected chi connectivity index (χ4v) is 3.62. The summed E-state index contributed by atoms with van der Waals surface area (Å²) in [6.07, 6.45) is 3.31. The van der Waals surface area contributed by atoms with E-state index in [1.54, 1.807) is 54.9 Å². The van der Waals surface area contributed by atoms with E-state index in [2.05, 4.69) is 19.9 Å². The van der Waals surface area contributed by atoms with Gasteiger partial charge in [0.1, 0.15) is 0 Å². The Morgan fingerprint density at radius 3 is 2.04 bits per heavy atom. The predicted molar refractivity (Wildman–Crippen MR) is 103 cm³/mol. The standard InChI is InChI=1S/C20H16N4O3S/c25-28(26,18-4-2-1-3-5-18)22-14-15-6-8-16(9-7-15)19-23-24-20(27-19)17-10-12-21-13-11-17/h1-13,22H,14H2. The molecule has 2 aromatic heterocycles. The molecule has 0 aliphatic heterocycles. The van der Waals surface area contributed by atoms with Crippen molar-refractivity contribution in [3.05, 3.63) is 84.7 Å². The molecule has 28 heavy (non-hydrogen) atoms. The molecule has 4 aromatic rings. The minimum atomic E-state index is -3.54. The molecule has 1 N–H and O–H groups in total. The Kier molecular flexibility index (Phi) is 4.96. The first-order valence-electron chi connectivity index (χ1n) is 8.50. The highest BCUT2D eigenvalue weighted by Crippen LogP contribution is 2.23. The summed E-state index contributed by atoms with van der Waals surface area (Å²) in [6.45, 7) is 0.184. The Labute approximate surface area is 162 Å². The number of nitrogens with one attached hydrogen (secondary N) is 1. The molecule has 0 spiro atoms. The summed E-state index contributed by atoms with van der Waals surface area (Å²) >= 11 is 0. The van der Waals surface area contributed by atoms with Crippen molar-refractivity contribution in [1.82, 2.24) is 19.9 Å². The van der Waals surface area contributed by atoms with Gasteiger partial charge in [-0.05, 0) is 42.0 Å². The number of hydrogen-bond donors (Lipinski definition) is 1. The summed E-state index contributed by atoms with van der Waals surface area (Å²) in [7, 11) is -3.54. The summed E-state index contributed by atoms with van der Waals surface area (Å²) in [5, 5.41) is 8.12. The topological polar surface area (TPSA) is 98.0 Å². The van der Waals surface area contributed by atoms with E-state index in [-0.39, 0.29) is 11.4 Å². The van der Waals surface area contributed by atoms with Crippen LogP contribution in [0, 0.1) is 0 Å². The predicted octanol–water partition coefficient (Wildman–Crippen LogP) is 3.28. The van der Waals surface area contributed by atoms with E-state index in [0.717, 1.165) is 16.7 Å². The Morgan fingerprint density at radius 2 is 1.39 bits per heavy atom. The Morgan fingerprint density at radius 1 is 0.786 bits per heavy atom. The second-order valence-corrected chi connectivity index (χ2v) is 7.75. The van der Waals surface area contributed by atoms with Crippen molar-refractivity contribution in [2.75, 3.05) is 0 Å². The van der Waals surface area contributed by atoms with Crippen LogP contribution in [0.1, 0.15) is 5.56 Å². The molecule has 0 radical (unpaired) electrons. The zero-order valence-corrected chi connectivity index (χ0v) is 15.5. The lowest BCUT2D eigenvalue weighted by Gasteiger charge is -2.07. The van der Waals surface area contributed by atoms with E-state index in [4.69, 9.17) is 4.42 Å². The summed E-state index contributed by atoms with van der Waals surface area (Å²) in [5.74, 6) is 0.806. The van der Waals surface area contributed by atoms with Crippen molar-refractivity contribution in [2.24, 2.45) is 0 Å². The Balaban J connectivity index is 1.45. The number of rotatable bonds is 6. The lowest BCUT2D eigenvalue weighted by atomic mass is 10.1. The van der Waals surface area contributed by atoms with Crippen molar-refractivity contribution >= 4 is 10.0 Å². The fourth-order valence-electron chi connectivity index (χ4n) is 2.58. The summed E-state index contributed by atoms with van der Waals surface area (Å²) in [4.78, 5) is 4.20.